The largest absolute Gasteiger partial charge is 0.493 e. The molecule has 1 aliphatic rings. The van der Waals surface area contributed by atoms with E-state index in [9.17, 15) is 9.59 Å². The normalized spacial score (nSPS) is 14.5. The number of ether oxygens (including phenoxy) is 2. The lowest BCUT2D eigenvalue weighted by Gasteiger charge is -2.24. The number of nitrogens with zero attached hydrogens (tertiary/aromatic N) is 1. The lowest BCUT2D eigenvalue weighted by atomic mass is 10.1. The zero-order chi connectivity index (χ0) is 23.4. The van der Waals surface area contributed by atoms with E-state index in [-0.39, 0.29) is 6.04 Å². The second kappa shape index (κ2) is 9.68. The Morgan fingerprint density at radius 3 is 2.67 bits per heavy atom. The predicted molar refractivity (Wildman–Crippen MR) is 124 cm³/mol. The van der Waals surface area contributed by atoms with E-state index in [1.165, 1.54) is 18.9 Å². The molecular weight excluding hydrogens is 422 g/mol. The molecular formula is C25H27N3O5. The summed E-state index contributed by atoms with van der Waals surface area (Å²) in [5, 5.41) is 0. The van der Waals surface area contributed by atoms with Crippen LogP contribution in [0, 0.1) is 0 Å². The van der Waals surface area contributed by atoms with Gasteiger partial charge in [0, 0.05) is 17.3 Å². The van der Waals surface area contributed by atoms with E-state index in [1.54, 1.807) is 24.3 Å². The van der Waals surface area contributed by atoms with E-state index in [2.05, 4.69) is 34.8 Å². The average Bonchev–Trinajstić information content (AvgIpc) is 3.42. The number of fused-ring (bicyclic) bond motifs is 1. The zero-order valence-electron chi connectivity index (χ0n) is 18.9. The molecule has 0 spiro atoms. The number of rotatable bonds is 7. The van der Waals surface area contributed by atoms with E-state index in [4.69, 9.17) is 13.9 Å². The van der Waals surface area contributed by atoms with Crippen LogP contribution in [0.2, 0.25) is 0 Å². The van der Waals surface area contributed by atoms with Gasteiger partial charge in [-0.3, -0.25) is 20.4 Å². The highest BCUT2D eigenvalue weighted by Gasteiger charge is 2.28. The monoisotopic (exact) mass is 449 g/mol. The van der Waals surface area contributed by atoms with Crippen LogP contribution >= 0.6 is 0 Å². The first-order valence-corrected chi connectivity index (χ1v) is 10.8. The maximum Gasteiger partial charge on any atom is 0.273 e. The van der Waals surface area contributed by atoms with Crippen LogP contribution in [-0.2, 0) is 13.0 Å². The van der Waals surface area contributed by atoms with Gasteiger partial charge in [0.05, 0.1) is 32.1 Å². The minimum Gasteiger partial charge on any atom is -0.493 e. The van der Waals surface area contributed by atoms with Crippen LogP contribution in [0.1, 0.15) is 45.9 Å². The van der Waals surface area contributed by atoms with E-state index >= 15 is 0 Å². The van der Waals surface area contributed by atoms with Crippen molar-refractivity contribution >= 4 is 17.5 Å². The van der Waals surface area contributed by atoms with Gasteiger partial charge in [0.25, 0.3) is 11.8 Å². The summed E-state index contributed by atoms with van der Waals surface area (Å²) in [6.45, 7) is 4.95. The molecule has 1 atom stereocenters. The summed E-state index contributed by atoms with van der Waals surface area (Å²) in [6.07, 6.45) is 2.43. The van der Waals surface area contributed by atoms with E-state index in [1.807, 2.05) is 19.1 Å². The van der Waals surface area contributed by atoms with Gasteiger partial charge in [0.15, 0.2) is 11.5 Å². The molecule has 0 fully saturated rings. The summed E-state index contributed by atoms with van der Waals surface area (Å²) in [5.74, 6) is 0.587. The predicted octanol–water partition coefficient (Wildman–Crippen LogP) is 3.71. The third-order valence-electron chi connectivity index (χ3n) is 5.67. The molecule has 33 heavy (non-hydrogen) atoms. The van der Waals surface area contributed by atoms with Crippen molar-refractivity contribution < 1.29 is 23.5 Å². The van der Waals surface area contributed by atoms with E-state index < -0.39 is 11.8 Å². The lowest BCUT2D eigenvalue weighted by Crippen LogP contribution is -2.42. The van der Waals surface area contributed by atoms with Crippen molar-refractivity contribution in [1.29, 1.82) is 0 Å². The first-order valence-electron chi connectivity index (χ1n) is 10.8. The van der Waals surface area contributed by atoms with Gasteiger partial charge in [-0.15, -0.1) is 0 Å². The SMILES string of the molecule is CCOc1ccc(C(=O)NNC(=O)c2ccoc2CN2c3ccccc3CC2C)cc1OC. The fourth-order valence-electron chi connectivity index (χ4n) is 4.03. The maximum atomic E-state index is 12.8. The number of carbonyl (C=O) groups excluding carboxylic acids is 2. The highest BCUT2D eigenvalue weighted by atomic mass is 16.5. The van der Waals surface area contributed by atoms with Crippen molar-refractivity contribution in [1.82, 2.24) is 10.9 Å². The standard InChI is InChI=1S/C25H27N3O5/c1-4-32-21-10-9-18(14-22(21)31-3)24(29)26-27-25(30)19-11-12-33-23(19)15-28-16(2)13-17-7-5-6-8-20(17)28/h5-12,14,16H,4,13,15H2,1-3H3,(H,26,29)(H,27,30). The quantitative estimate of drug-likeness (QED) is 0.534. The Hall–Kier alpha value is -3.94. The molecule has 2 amide bonds. The van der Waals surface area contributed by atoms with Crippen LogP contribution in [0.5, 0.6) is 11.5 Å². The number of nitrogens with one attached hydrogen (secondary N) is 2. The number of para-hydroxylation sites is 1. The van der Waals surface area contributed by atoms with Crippen LogP contribution < -0.4 is 25.2 Å². The third kappa shape index (κ3) is 4.64. The Labute approximate surface area is 192 Å². The molecule has 0 saturated heterocycles. The summed E-state index contributed by atoms with van der Waals surface area (Å²) in [6, 6.07) is 14.9. The van der Waals surface area contributed by atoms with Crippen LogP contribution in [0.3, 0.4) is 0 Å². The Morgan fingerprint density at radius 2 is 1.88 bits per heavy atom. The van der Waals surface area contributed by atoms with Crippen molar-refractivity contribution in [3.05, 3.63) is 77.2 Å². The number of methoxy groups -OCH3 is 1. The summed E-state index contributed by atoms with van der Waals surface area (Å²) < 4.78 is 16.4. The number of benzene rings is 2. The smallest absolute Gasteiger partial charge is 0.273 e. The molecule has 172 valence electrons. The van der Waals surface area contributed by atoms with Gasteiger partial charge < -0.3 is 18.8 Å². The van der Waals surface area contributed by atoms with Gasteiger partial charge in [0.1, 0.15) is 5.76 Å². The molecule has 0 bridgehead atoms. The number of amides is 2. The van der Waals surface area contributed by atoms with E-state index in [0.717, 1.165) is 12.1 Å². The van der Waals surface area contributed by atoms with Crippen LogP contribution in [-0.4, -0.2) is 31.6 Å². The molecule has 1 aromatic heterocycles. The molecule has 2 heterocycles. The molecule has 2 aromatic carbocycles. The molecule has 8 heteroatoms. The molecule has 0 radical (unpaired) electrons. The second-order valence-electron chi connectivity index (χ2n) is 7.77. The fraction of sp³-hybridized carbons (Fsp3) is 0.280. The van der Waals surface area contributed by atoms with Crippen molar-refractivity contribution in [2.75, 3.05) is 18.6 Å². The minimum atomic E-state index is -0.475. The summed E-state index contributed by atoms with van der Waals surface area (Å²) in [5.41, 5.74) is 8.03. The fourth-order valence-corrected chi connectivity index (χ4v) is 4.03. The van der Waals surface area contributed by atoms with Gasteiger partial charge in [-0.2, -0.15) is 0 Å². The maximum absolute atomic E-state index is 12.8. The Kier molecular flexibility index (Phi) is 6.53. The molecule has 0 aliphatic carbocycles. The van der Waals surface area contributed by atoms with Crippen molar-refractivity contribution in [3.8, 4) is 11.5 Å². The van der Waals surface area contributed by atoms with Crippen molar-refractivity contribution in [2.45, 2.75) is 32.9 Å². The zero-order valence-corrected chi connectivity index (χ0v) is 18.9. The second-order valence-corrected chi connectivity index (χ2v) is 7.77. The number of carbonyl (C=O) groups is 2. The number of hydrazine groups is 1. The average molecular weight is 450 g/mol. The number of furan rings is 1. The molecule has 2 N–H and O–H groups in total. The van der Waals surface area contributed by atoms with Gasteiger partial charge in [-0.1, -0.05) is 18.2 Å². The van der Waals surface area contributed by atoms with Crippen molar-refractivity contribution in [3.63, 3.8) is 0 Å². The van der Waals surface area contributed by atoms with Gasteiger partial charge >= 0.3 is 0 Å². The summed E-state index contributed by atoms with van der Waals surface area (Å²) >= 11 is 0. The van der Waals surface area contributed by atoms with Gasteiger partial charge in [-0.25, -0.2) is 0 Å². The van der Waals surface area contributed by atoms with Gasteiger partial charge in [0.2, 0.25) is 0 Å². The Bertz CT molecular complexity index is 1160. The first-order chi connectivity index (χ1) is 16.0. The summed E-state index contributed by atoms with van der Waals surface area (Å²) in [4.78, 5) is 27.5. The molecule has 8 nitrogen and oxygen atoms in total. The van der Waals surface area contributed by atoms with Crippen LogP contribution in [0.15, 0.2) is 59.2 Å². The van der Waals surface area contributed by atoms with E-state index in [0.29, 0.717) is 41.5 Å². The molecule has 4 rings (SSSR count). The molecule has 3 aromatic rings. The molecule has 1 unspecified atom stereocenters. The lowest BCUT2D eigenvalue weighted by molar-refractivity contribution is 0.0845. The molecule has 1 aliphatic heterocycles. The van der Waals surface area contributed by atoms with Crippen molar-refractivity contribution in [2.24, 2.45) is 0 Å². The number of hydrogen-bond acceptors (Lipinski definition) is 6. The highest BCUT2D eigenvalue weighted by Crippen LogP contribution is 2.33. The van der Waals surface area contributed by atoms with Gasteiger partial charge in [-0.05, 0) is 56.2 Å². The Balaban J connectivity index is 1.41. The van der Waals surface area contributed by atoms with Crippen LogP contribution in [0.4, 0.5) is 5.69 Å². The third-order valence-corrected chi connectivity index (χ3v) is 5.67. The number of hydrogen-bond donors (Lipinski definition) is 2. The highest BCUT2D eigenvalue weighted by molar-refractivity contribution is 5.99. The Morgan fingerprint density at radius 1 is 1.09 bits per heavy atom. The first kappa shape index (κ1) is 22.3. The minimum absolute atomic E-state index is 0.290. The molecule has 0 saturated carbocycles. The topological polar surface area (TPSA) is 93.0 Å². The number of anilines is 1. The summed E-state index contributed by atoms with van der Waals surface area (Å²) in [7, 11) is 1.50. The van der Waals surface area contributed by atoms with Crippen LogP contribution in [0.25, 0.3) is 0 Å².